The molecule has 29 heavy (non-hydrogen) atoms. The van der Waals surface area contributed by atoms with Gasteiger partial charge in [-0.2, -0.15) is 0 Å². The van der Waals surface area contributed by atoms with Crippen molar-refractivity contribution in [2.75, 3.05) is 13.2 Å². The number of carbonyl (C=O) groups excluding carboxylic acids is 2. The van der Waals surface area contributed by atoms with E-state index < -0.39 is 5.97 Å². The molecule has 7 heteroatoms. The molecule has 4 rings (SSSR count). The summed E-state index contributed by atoms with van der Waals surface area (Å²) in [6.07, 6.45) is 2.49. The van der Waals surface area contributed by atoms with Gasteiger partial charge < -0.3 is 23.2 Å². The number of para-hydroxylation sites is 2. The zero-order chi connectivity index (χ0) is 20.4. The van der Waals surface area contributed by atoms with Crippen LogP contribution in [0.5, 0.6) is 11.5 Å². The first-order valence-corrected chi connectivity index (χ1v) is 9.30. The number of ketones is 1. The summed E-state index contributed by atoms with van der Waals surface area (Å²) in [6, 6.07) is 10.8. The summed E-state index contributed by atoms with van der Waals surface area (Å²) in [7, 11) is 0. The molecule has 0 N–H and O–H groups in total. The van der Waals surface area contributed by atoms with E-state index >= 15 is 0 Å². The van der Waals surface area contributed by atoms with Gasteiger partial charge in [0.1, 0.15) is 12.9 Å². The predicted octanol–water partition coefficient (Wildman–Crippen LogP) is 3.58. The van der Waals surface area contributed by atoms with E-state index in [0.717, 1.165) is 17.1 Å². The average molecular weight is 395 g/mol. The molecular formula is C22H21NO6. The van der Waals surface area contributed by atoms with Gasteiger partial charge in [0.15, 0.2) is 24.2 Å². The summed E-state index contributed by atoms with van der Waals surface area (Å²) < 4.78 is 23.8. The molecule has 1 aromatic carbocycles. The second-order valence-electron chi connectivity index (χ2n) is 6.90. The normalized spacial score (nSPS) is 15.2. The SMILES string of the molecule is Cc1cc(C(=O)COC(=O)c2ccoc2)c(C)n1CC1COc2ccccc2O1. The van der Waals surface area contributed by atoms with Crippen LogP contribution in [0.2, 0.25) is 0 Å². The number of nitrogens with zero attached hydrogens (tertiary/aromatic N) is 1. The third-order valence-electron chi connectivity index (χ3n) is 4.92. The Labute approximate surface area is 167 Å². The third kappa shape index (κ3) is 3.89. The summed E-state index contributed by atoms with van der Waals surface area (Å²) in [5.41, 5.74) is 2.53. The maximum atomic E-state index is 12.6. The summed E-state index contributed by atoms with van der Waals surface area (Å²) in [5, 5.41) is 0. The Bertz CT molecular complexity index is 1030. The summed E-state index contributed by atoms with van der Waals surface area (Å²) in [6.45, 7) is 4.45. The fraction of sp³-hybridized carbons (Fsp3) is 0.273. The minimum absolute atomic E-state index is 0.170. The first-order chi connectivity index (χ1) is 14.0. The van der Waals surface area contributed by atoms with Crippen LogP contribution in [-0.4, -0.2) is 35.6 Å². The Morgan fingerprint density at radius 1 is 1.17 bits per heavy atom. The zero-order valence-corrected chi connectivity index (χ0v) is 16.2. The molecule has 0 spiro atoms. The standard InChI is InChI=1S/C22H21NO6/c1-14-9-18(19(24)13-28-22(25)16-7-8-26-11-16)15(2)23(14)10-17-12-27-20-5-3-4-6-21(20)29-17/h3-9,11,17H,10,12-13H2,1-2H3. The number of aromatic nitrogens is 1. The molecular weight excluding hydrogens is 374 g/mol. The first-order valence-electron chi connectivity index (χ1n) is 9.30. The number of carbonyl (C=O) groups is 2. The minimum Gasteiger partial charge on any atom is -0.486 e. The van der Waals surface area contributed by atoms with Crippen molar-refractivity contribution < 1.29 is 28.2 Å². The van der Waals surface area contributed by atoms with Crippen molar-refractivity contribution in [1.82, 2.24) is 4.57 Å². The van der Waals surface area contributed by atoms with Crippen molar-refractivity contribution in [3.8, 4) is 11.5 Å². The van der Waals surface area contributed by atoms with Crippen molar-refractivity contribution in [3.63, 3.8) is 0 Å². The quantitative estimate of drug-likeness (QED) is 0.469. The number of Topliss-reactive ketones (excluding diaryl/α,β-unsaturated/α-hetero) is 1. The smallest absolute Gasteiger partial charge is 0.341 e. The van der Waals surface area contributed by atoms with Gasteiger partial charge in [0.2, 0.25) is 5.78 Å². The lowest BCUT2D eigenvalue weighted by Gasteiger charge is -2.27. The van der Waals surface area contributed by atoms with Gasteiger partial charge in [0.05, 0.1) is 18.4 Å². The summed E-state index contributed by atoms with van der Waals surface area (Å²) in [5.74, 6) is 0.605. The lowest BCUT2D eigenvalue weighted by atomic mass is 10.1. The minimum atomic E-state index is -0.590. The van der Waals surface area contributed by atoms with E-state index in [1.165, 1.54) is 18.6 Å². The topological polar surface area (TPSA) is 79.9 Å². The lowest BCUT2D eigenvalue weighted by molar-refractivity contribution is 0.0473. The number of rotatable bonds is 6. The molecule has 0 radical (unpaired) electrons. The number of benzene rings is 1. The number of aryl methyl sites for hydroxylation is 1. The Balaban J connectivity index is 1.42. The van der Waals surface area contributed by atoms with E-state index in [4.69, 9.17) is 18.6 Å². The monoisotopic (exact) mass is 395 g/mol. The van der Waals surface area contributed by atoms with Gasteiger partial charge in [-0.05, 0) is 38.1 Å². The summed E-state index contributed by atoms with van der Waals surface area (Å²) in [4.78, 5) is 24.5. The second kappa shape index (κ2) is 7.87. The van der Waals surface area contributed by atoms with E-state index in [1.807, 2.05) is 42.7 Å². The zero-order valence-electron chi connectivity index (χ0n) is 16.2. The molecule has 7 nitrogen and oxygen atoms in total. The molecule has 1 atom stereocenters. The fourth-order valence-corrected chi connectivity index (χ4v) is 3.39. The highest BCUT2D eigenvalue weighted by Crippen LogP contribution is 2.31. The molecule has 1 unspecified atom stereocenters. The number of hydrogen-bond acceptors (Lipinski definition) is 6. The van der Waals surface area contributed by atoms with Crippen molar-refractivity contribution in [3.05, 3.63) is 71.4 Å². The van der Waals surface area contributed by atoms with Crippen LogP contribution in [0.1, 0.15) is 32.1 Å². The van der Waals surface area contributed by atoms with Gasteiger partial charge in [-0.25, -0.2) is 4.79 Å². The van der Waals surface area contributed by atoms with Gasteiger partial charge in [-0.3, -0.25) is 4.79 Å². The van der Waals surface area contributed by atoms with E-state index in [0.29, 0.717) is 24.5 Å². The van der Waals surface area contributed by atoms with E-state index in [2.05, 4.69) is 0 Å². The molecule has 0 saturated carbocycles. The number of fused-ring (bicyclic) bond motifs is 1. The van der Waals surface area contributed by atoms with E-state index in [1.54, 1.807) is 6.07 Å². The van der Waals surface area contributed by atoms with E-state index in [9.17, 15) is 9.59 Å². The lowest BCUT2D eigenvalue weighted by Crippen LogP contribution is -2.33. The van der Waals surface area contributed by atoms with Gasteiger partial charge in [0, 0.05) is 17.0 Å². The highest BCUT2D eigenvalue weighted by molar-refractivity contribution is 6.00. The summed E-state index contributed by atoms with van der Waals surface area (Å²) >= 11 is 0. The van der Waals surface area contributed by atoms with Gasteiger partial charge in [0.25, 0.3) is 0 Å². The van der Waals surface area contributed by atoms with Crippen LogP contribution in [0.3, 0.4) is 0 Å². The molecule has 3 heterocycles. The van der Waals surface area contributed by atoms with Crippen LogP contribution in [-0.2, 0) is 11.3 Å². The molecule has 1 aliphatic heterocycles. The maximum absolute atomic E-state index is 12.6. The van der Waals surface area contributed by atoms with Gasteiger partial charge in [-0.1, -0.05) is 12.1 Å². The number of ether oxygens (including phenoxy) is 3. The van der Waals surface area contributed by atoms with Crippen LogP contribution in [0.4, 0.5) is 0 Å². The largest absolute Gasteiger partial charge is 0.486 e. The first kappa shape index (κ1) is 18.9. The molecule has 0 saturated heterocycles. The van der Waals surface area contributed by atoms with Crippen molar-refractivity contribution >= 4 is 11.8 Å². The number of esters is 1. The molecule has 0 fully saturated rings. The van der Waals surface area contributed by atoms with Crippen LogP contribution < -0.4 is 9.47 Å². The molecule has 0 bridgehead atoms. The van der Waals surface area contributed by atoms with Crippen LogP contribution in [0.15, 0.2) is 53.3 Å². The van der Waals surface area contributed by atoms with Crippen molar-refractivity contribution in [2.24, 2.45) is 0 Å². The molecule has 3 aromatic rings. The van der Waals surface area contributed by atoms with Gasteiger partial charge >= 0.3 is 5.97 Å². The fourth-order valence-electron chi connectivity index (χ4n) is 3.39. The van der Waals surface area contributed by atoms with Crippen LogP contribution >= 0.6 is 0 Å². The number of furan rings is 1. The Kier molecular flexibility index (Phi) is 5.12. The third-order valence-corrected chi connectivity index (χ3v) is 4.92. The average Bonchev–Trinajstić information content (AvgIpc) is 3.36. The molecule has 0 amide bonds. The highest BCUT2D eigenvalue weighted by Gasteiger charge is 2.24. The number of hydrogen-bond donors (Lipinski definition) is 0. The van der Waals surface area contributed by atoms with Crippen molar-refractivity contribution in [2.45, 2.75) is 26.5 Å². The molecule has 1 aliphatic rings. The van der Waals surface area contributed by atoms with Crippen molar-refractivity contribution in [1.29, 1.82) is 0 Å². The molecule has 2 aromatic heterocycles. The van der Waals surface area contributed by atoms with Gasteiger partial charge in [-0.15, -0.1) is 0 Å². The highest BCUT2D eigenvalue weighted by atomic mass is 16.6. The van der Waals surface area contributed by atoms with Crippen LogP contribution in [0, 0.1) is 13.8 Å². The maximum Gasteiger partial charge on any atom is 0.341 e. The van der Waals surface area contributed by atoms with Crippen LogP contribution in [0.25, 0.3) is 0 Å². The Morgan fingerprint density at radius 3 is 2.72 bits per heavy atom. The Morgan fingerprint density at radius 2 is 1.97 bits per heavy atom. The Hall–Kier alpha value is -3.48. The van der Waals surface area contributed by atoms with E-state index in [-0.39, 0.29) is 24.1 Å². The molecule has 0 aliphatic carbocycles. The second-order valence-corrected chi connectivity index (χ2v) is 6.90. The predicted molar refractivity (Wildman–Crippen MR) is 104 cm³/mol. The molecule has 150 valence electrons.